The lowest BCUT2D eigenvalue weighted by Gasteiger charge is -2.26. The highest BCUT2D eigenvalue weighted by Gasteiger charge is 2.27. The summed E-state index contributed by atoms with van der Waals surface area (Å²) in [5.41, 5.74) is 2.48. The van der Waals surface area contributed by atoms with Gasteiger partial charge in [-0.1, -0.05) is 30.3 Å². The van der Waals surface area contributed by atoms with Crippen LogP contribution in [0.4, 0.5) is 0 Å². The number of aromatic carboxylic acids is 1. The number of carbonyl (C=O) groups excluding carboxylic acids is 1. The number of fused-ring (bicyclic) bond motifs is 1. The van der Waals surface area contributed by atoms with E-state index in [0.29, 0.717) is 31.5 Å². The van der Waals surface area contributed by atoms with Crippen LogP contribution < -0.4 is 0 Å². The van der Waals surface area contributed by atoms with Gasteiger partial charge in [-0.05, 0) is 12.0 Å². The normalized spacial score (nSPS) is 13.8. The second-order valence-corrected chi connectivity index (χ2v) is 5.06. The van der Waals surface area contributed by atoms with Gasteiger partial charge in [-0.15, -0.1) is 0 Å². The van der Waals surface area contributed by atoms with Crippen molar-refractivity contribution in [2.45, 2.75) is 19.4 Å². The van der Waals surface area contributed by atoms with E-state index in [0.717, 1.165) is 11.3 Å². The van der Waals surface area contributed by atoms with Crippen LogP contribution in [-0.2, 0) is 24.2 Å². The zero-order valence-corrected chi connectivity index (χ0v) is 11.4. The molecule has 108 valence electrons. The molecule has 6 nitrogen and oxygen atoms in total. The lowest BCUT2D eigenvalue weighted by atomic mass is 10.0. The summed E-state index contributed by atoms with van der Waals surface area (Å²) >= 11 is 0. The first kappa shape index (κ1) is 13.4. The summed E-state index contributed by atoms with van der Waals surface area (Å²) in [5.74, 6) is -0.991. The molecule has 2 heterocycles. The molecule has 6 heteroatoms. The first-order chi connectivity index (χ1) is 10.1. The number of carboxylic acids is 1. The van der Waals surface area contributed by atoms with Gasteiger partial charge in [0.25, 0.3) is 0 Å². The topological polar surface area (TPSA) is 86.3 Å². The maximum atomic E-state index is 12.3. The van der Waals surface area contributed by atoms with Crippen LogP contribution in [0.5, 0.6) is 0 Å². The SMILES string of the molecule is O=C(O)c1n[nH]c2c1CCN(C(=O)Cc1ccccc1)C2. The van der Waals surface area contributed by atoms with Gasteiger partial charge in [-0.2, -0.15) is 5.10 Å². The lowest BCUT2D eigenvalue weighted by Crippen LogP contribution is -2.37. The largest absolute Gasteiger partial charge is 0.476 e. The molecule has 21 heavy (non-hydrogen) atoms. The Balaban J connectivity index is 1.71. The smallest absolute Gasteiger partial charge is 0.356 e. The number of hydrogen-bond donors (Lipinski definition) is 2. The Morgan fingerprint density at radius 3 is 2.76 bits per heavy atom. The molecular formula is C15H15N3O3. The van der Waals surface area contributed by atoms with Crippen LogP contribution in [0.15, 0.2) is 30.3 Å². The number of nitrogens with one attached hydrogen (secondary N) is 1. The van der Waals surface area contributed by atoms with Gasteiger partial charge in [0.15, 0.2) is 5.69 Å². The van der Waals surface area contributed by atoms with Crippen molar-refractivity contribution in [3.8, 4) is 0 Å². The van der Waals surface area contributed by atoms with Crippen molar-refractivity contribution in [3.63, 3.8) is 0 Å². The van der Waals surface area contributed by atoms with Crippen LogP contribution in [-0.4, -0.2) is 38.6 Å². The van der Waals surface area contributed by atoms with Crippen LogP contribution in [0.1, 0.15) is 27.3 Å². The van der Waals surface area contributed by atoms with E-state index >= 15 is 0 Å². The molecular weight excluding hydrogens is 270 g/mol. The summed E-state index contributed by atoms with van der Waals surface area (Å²) in [6, 6.07) is 9.58. The van der Waals surface area contributed by atoms with Crippen molar-refractivity contribution < 1.29 is 14.7 Å². The van der Waals surface area contributed by atoms with Crippen molar-refractivity contribution in [1.29, 1.82) is 0 Å². The molecule has 0 saturated carbocycles. The van der Waals surface area contributed by atoms with Crippen LogP contribution in [0.25, 0.3) is 0 Å². The van der Waals surface area contributed by atoms with Crippen molar-refractivity contribution in [3.05, 3.63) is 52.8 Å². The van der Waals surface area contributed by atoms with Gasteiger partial charge in [0.05, 0.1) is 18.7 Å². The van der Waals surface area contributed by atoms with Crippen molar-refractivity contribution >= 4 is 11.9 Å². The summed E-state index contributed by atoms with van der Waals surface area (Å²) in [6.45, 7) is 0.916. The summed E-state index contributed by atoms with van der Waals surface area (Å²) in [5, 5.41) is 15.6. The summed E-state index contributed by atoms with van der Waals surface area (Å²) < 4.78 is 0. The molecule has 1 aromatic carbocycles. The van der Waals surface area contributed by atoms with Crippen molar-refractivity contribution in [2.24, 2.45) is 0 Å². The number of benzene rings is 1. The van der Waals surface area contributed by atoms with E-state index < -0.39 is 5.97 Å². The molecule has 0 aliphatic carbocycles. The van der Waals surface area contributed by atoms with Gasteiger partial charge in [-0.25, -0.2) is 4.79 Å². The monoisotopic (exact) mass is 285 g/mol. The number of rotatable bonds is 3. The van der Waals surface area contributed by atoms with Gasteiger partial charge in [0, 0.05) is 12.1 Å². The minimum Gasteiger partial charge on any atom is -0.476 e. The number of carboxylic acid groups (broad SMARTS) is 1. The molecule has 0 unspecified atom stereocenters. The quantitative estimate of drug-likeness (QED) is 0.888. The first-order valence-corrected chi connectivity index (χ1v) is 6.76. The summed E-state index contributed by atoms with van der Waals surface area (Å²) in [4.78, 5) is 25.1. The highest BCUT2D eigenvalue weighted by atomic mass is 16.4. The van der Waals surface area contributed by atoms with Gasteiger partial charge >= 0.3 is 5.97 Å². The average Bonchev–Trinajstić information content (AvgIpc) is 2.91. The Bertz CT molecular complexity index is 679. The van der Waals surface area contributed by atoms with E-state index in [1.807, 2.05) is 30.3 Å². The van der Waals surface area contributed by atoms with E-state index in [1.165, 1.54) is 0 Å². The third-order valence-corrected chi connectivity index (χ3v) is 3.69. The third-order valence-electron chi connectivity index (χ3n) is 3.69. The number of aromatic amines is 1. The van der Waals surface area contributed by atoms with E-state index in [2.05, 4.69) is 10.2 Å². The first-order valence-electron chi connectivity index (χ1n) is 6.76. The molecule has 2 aromatic rings. The molecule has 1 aliphatic rings. The van der Waals surface area contributed by atoms with E-state index in [1.54, 1.807) is 4.90 Å². The molecule has 0 bridgehead atoms. The molecule has 0 atom stereocenters. The highest BCUT2D eigenvalue weighted by Crippen LogP contribution is 2.20. The van der Waals surface area contributed by atoms with Gasteiger partial charge in [0.1, 0.15) is 0 Å². The fourth-order valence-corrected chi connectivity index (χ4v) is 2.59. The van der Waals surface area contributed by atoms with Crippen LogP contribution in [0.2, 0.25) is 0 Å². The number of aromatic nitrogens is 2. The number of amides is 1. The fourth-order valence-electron chi connectivity index (χ4n) is 2.59. The maximum absolute atomic E-state index is 12.3. The molecule has 1 amide bonds. The van der Waals surface area contributed by atoms with Gasteiger partial charge < -0.3 is 10.0 Å². The molecule has 1 aliphatic heterocycles. The van der Waals surface area contributed by atoms with Gasteiger partial charge in [-0.3, -0.25) is 9.89 Å². The molecule has 3 rings (SSSR count). The minimum absolute atomic E-state index is 0.0401. The lowest BCUT2D eigenvalue weighted by molar-refractivity contribution is -0.131. The number of nitrogens with zero attached hydrogens (tertiary/aromatic N) is 2. The van der Waals surface area contributed by atoms with Crippen molar-refractivity contribution in [2.75, 3.05) is 6.54 Å². The highest BCUT2D eigenvalue weighted by molar-refractivity contribution is 5.87. The van der Waals surface area contributed by atoms with Crippen LogP contribution in [0, 0.1) is 0 Å². The molecule has 0 spiro atoms. The Morgan fingerprint density at radius 2 is 2.05 bits per heavy atom. The predicted octanol–water partition coefficient (Wildman–Crippen LogP) is 1.24. The summed E-state index contributed by atoms with van der Waals surface area (Å²) in [6.07, 6.45) is 0.879. The average molecular weight is 285 g/mol. The van der Waals surface area contributed by atoms with E-state index in [9.17, 15) is 9.59 Å². The van der Waals surface area contributed by atoms with E-state index in [4.69, 9.17) is 5.11 Å². The number of H-pyrrole nitrogens is 1. The Hall–Kier alpha value is -2.63. The fraction of sp³-hybridized carbons (Fsp3) is 0.267. The zero-order chi connectivity index (χ0) is 14.8. The number of carbonyl (C=O) groups is 2. The number of hydrogen-bond acceptors (Lipinski definition) is 3. The Morgan fingerprint density at radius 1 is 1.29 bits per heavy atom. The second kappa shape index (κ2) is 5.40. The Labute approximate surface area is 121 Å². The molecule has 0 saturated heterocycles. The second-order valence-electron chi connectivity index (χ2n) is 5.06. The predicted molar refractivity (Wildman–Crippen MR) is 74.8 cm³/mol. The van der Waals surface area contributed by atoms with E-state index in [-0.39, 0.29) is 11.6 Å². The molecule has 2 N–H and O–H groups in total. The van der Waals surface area contributed by atoms with Gasteiger partial charge in [0.2, 0.25) is 5.91 Å². The molecule has 0 radical (unpaired) electrons. The Kier molecular flexibility index (Phi) is 3.43. The standard InChI is InChI=1S/C15H15N3O3/c19-13(8-10-4-2-1-3-5-10)18-7-6-11-12(9-18)16-17-14(11)15(20)21/h1-5H,6-9H2,(H,16,17)(H,20,21). The minimum atomic E-state index is -1.03. The third kappa shape index (κ3) is 2.65. The summed E-state index contributed by atoms with van der Waals surface area (Å²) in [7, 11) is 0. The van der Waals surface area contributed by atoms with Crippen LogP contribution in [0.3, 0.4) is 0 Å². The van der Waals surface area contributed by atoms with Crippen LogP contribution >= 0.6 is 0 Å². The maximum Gasteiger partial charge on any atom is 0.356 e. The molecule has 0 fully saturated rings. The molecule has 1 aromatic heterocycles. The van der Waals surface area contributed by atoms with Crippen molar-refractivity contribution in [1.82, 2.24) is 15.1 Å². The zero-order valence-electron chi connectivity index (χ0n) is 11.4.